The van der Waals surface area contributed by atoms with E-state index in [2.05, 4.69) is 26.7 Å². The number of benzene rings is 1. The Bertz CT molecular complexity index is 1130. The summed E-state index contributed by atoms with van der Waals surface area (Å²) < 4.78 is 1.78. The highest BCUT2D eigenvalue weighted by atomic mass is 35.5. The van der Waals surface area contributed by atoms with Crippen molar-refractivity contribution < 1.29 is 5.11 Å². The molecule has 1 aromatic carbocycles. The van der Waals surface area contributed by atoms with Crippen LogP contribution in [0.3, 0.4) is 0 Å². The highest BCUT2D eigenvalue weighted by Crippen LogP contribution is 2.31. The van der Waals surface area contributed by atoms with Crippen LogP contribution in [0.2, 0.25) is 0 Å². The molecule has 0 atom stereocenters. The van der Waals surface area contributed by atoms with Gasteiger partial charge in [0.1, 0.15) is 10.6 Å². The SMILES string of the molecule is CN1CCc2c(sc3ncn(CCN4CCN(c5ccccc5O)CC4)c(=O)c23)C1.Cl.Cl. The van der Waals surface area contributed by atoms with Crippen LogP contribution in [-0.2, 0) is 19.5 Å². The van der Waals surface area contributed by atoms with E-state index in [9.17, 15) is 9.90 Å². The summed E-state index contributed by atoms with van der Waals surface area (Å²) in [7, 11) is 2.12. The van der Waals surface area contributed by atoms with Crippen LogP contribution in [0.25, 0.3) is 10.2 Å². The first-order valence-corrected chi connectivity index (χ1v) is 11.4. The Kier molecular flexibility index (Phi) is 8.06. The number of fused-ring (bicyclic) bond motifs is 3. The number of hydrogen-bond donors (Lipinski definition) is 1. The van der Waals surface area contributed by atoms with E-state index in [1.807, 2.05) is 18.2 Å². The van der Waals surface area contributed by atoms with Crippen LogP contribution in [0.1, 0.15) is 10.4 Å². The van der Waals surface area contributed by atoms with Gasteiger partial charge in [-0.05, 0) is 31.2 Å². The molecular formula is C22H29Cl2N5O2S. The van der Waals surface area contributed by atoms with Gasteiger partial charge >= 0.3 is 0 Å². The third-order valence-corrected chi connectivity index (χ3v) is 7.39. The van der Waals surface area contributed by atoms with Gasteiger partial charge in [-0.25, -0.2) is 4.98 Å². The normalized spacial score (nSPS) is 17.0. The fourth-order valence-corrected chi connectivity index (χ4v) is 5.76. The van der Waals surface area contributed by atoms with Crippen molar-refractivity contribution in [2.45, 2.75) is 19.5 Å². The number of nitrogens with zero attached hydrogens (tertiary/aromatic N) is 5. The van der Waals surface area contributed by atoms with Crippen molar-refractivity contribution in [3.8, 4) is 5.75 Å². The predicted octanol–water partition coefficient (Wildman–Crippen LogP) is 2.82. The number of phenolic OH excluding ortho intramolecular Hbond substituents is 1. The van der Waals surface area contributed by atoms with E-state index in [4.69, 9.17) is 0 Å². The van der Waals surface area contributed by atoms with Crippen LogP contribution < -0.4 is 10.5 Å². The maximum Gasteiger partial charge on any atom is 0.262 e. The molecule has 0 unspecified atom stereocenters. The van der Waals surface area contributed by atoms with Gasteiger partial charge in [0, 0.05) is 57.2 Å². The zero-order valence-corrected chi connectivity index (χ0v) is 20.5. The van der Waals surface area contributed by atoms with Gasteiger partial charge in [0.2, 0.25) is 0 Å². The summed E-state index contributed by atoms with van der Waals surface area (Å²) in [6.07, 6.45) is 2.65. The van der Waals surface area contributed by atoms with Crippen LogP contribution >= 0.6 is 36.2 Å². The molecule has 0 amide bonds. The van der Waals surface area contributed by atoms with Crippen LogP contribution in [0.5, 0.6) is 5.75 Å². The molecule has 10 heteroatoms. The second-order valence-electron chi connectivity index (χ2n) is 8.23. The summed E-state index contributed by atoms with van der Waals surface area (Å²) in [4.78, 5) is 26.8. The summed E-state index contributed by atoms with van der Waals surface area (Å²) in [5.41, 5.74) is 2.22. The van der Waals surface area contributed by atoms with Crippen molar-refractivity contribution in [1.82, 2.24) is 19.4 Å². The molecule has 2 aromatic heterocycles. The number of likely N-dealkylation sites (N-methyl/N-ethyl adjacent to an activating group) is 1. The second kappa shape index (κ2) is 10.4. The second-order valence-corrected chi connectivity index (χ2v) is 9.32. The Morgan fingerprint density at radius 2 is 1.81 bits per heavy atom. The lowest BCUT2D eigenvalue weighted by Gasteiger charge is -2.36. The van der Waals surface area contributed by atoms with Gasteiger partial charge < -0.3 is 14.9 Å². The van der Waals surface area contributed by atoms with Gasteiger partial charge in [-0.1, -0.05) is 12.1 Å². The third-order valence-electron chi connectivity index (χ3n) is 6.27. The number of rotatable bonds is 4. The lowest BCUT2D eigenvalue weighted by molar-refractivity contribution is 0.246. The van der Waals surface area contributed by atoms with E-state index in [0.29, 0.717) is 12.3 Å². The number of para-hydroxylation sites is 2. The van der Waals surface area contributed by atoms with E-state index in [0.717, 1.165) is 68.1 Å². The summed E-state index contributed by atoms with van der Waals surface area (Å²) in [5.74, 6) is 0.335. The zero-order chi connectivity index (χ0) is 20.7. The molecule has 7 nitrogen and oxygen atoms in total. The van der Waals surface area contributed by atoms with Gasteiger partial charge in [-0.2, -0.15) is 0 Å². The molecule has 5 rings (SSSR count). The number of aromatic nitrogens is 2. The first-order chi connectivity index (χ1) is 14.6. The molecule has 0 radical (unpaired) electrons. The molecule has 0 spiro atoms. The smallest absolute Gasteiger partial charge is 0.262 e. The minimum atomic E-state index is 0. The summed E-state index contributed by atoms with van der Waals surface area (Å²) >= 11 is 1.67. The summed E-state index contributed by atoms with van der Waals surface area (Å²) in [6.45, 7) is 6.97. The molecule has 1 N–H and O–H groups in total. The molecule has 1 fully saturated rings. The van der Waals surface area contributed by atoms with Crippen LogP contribution in [0.4, 0.5) is 5.69 Å². The van der Waals surface area contributed by atoms with E-state index >= 15 is 0 Å². The predicted molar refractivity (Wildman–Crippen MR) is 135 cm³/mol. The molecular weight excluding hydrogens is 469 g/mol. The van der Waals surface area contributed by atoms with Crippen molar-refractivity contribution in [3.05, 3.63) is 51.4 Å². The lowest BCUT2D eigenvalue weighted by Crippen LogP contribution is -2.47. The van der Waals surface area contributed by atoms with Crippen molar-refractivity contribution in [2.24, 2.45) is 0 Å². The summed E-state index contributed by atoms with van der Waals surface area (Å²) in [5, 5.41) is 10.9. The molecule has 4 heterocycles. The molecule has 174 valence electrons. The fraction of sp³-hybridized carbons (Fsp3) is 0.455. The molecule has 0 saturated carbocycles. The molecule has 32 heavy (non-hydrogen) atoms. The van der Waals surface area contributed by atoms with Crippen molar-refractivity contribution in [1.29, 1.82) is 0 Å². The Morgan fingerprint density at radius 3 is 2.56 bits per heavy atom. The molecule has 2 aliphatic heterocycles. The summed E-state index contributed by atoms with van der Waals surface area (Å²) in [6, 6.07) is 7.50. The minimum Gasteiger partial charge on any atom is -0.506 e. The van der Waals surface area contributed by atoms with Crippen molar-refractivity contribution in [2.75, 3.05) is 51.2 Å². The Hall–Kier alpha value is -1.84. The van der Waals surface area contributed by atoms with Crippen LogP contribution in [0.15, 0.2) is 35.4 Å². The standard InChI is InChI=1S/C22H27N5O2S.2ClH/c1-24-7-6-16-19(14-24)30-21-20(16)22(29)27(15-23-21)13-10-25-8-11-26(12-9-25)17-4-2-3-5-18(17)28;;/h2-5,15,28H,6-14H2,1H3;2*1H. The Balaban J connectivity index is 0.00000144. The lowest BCUT2D eigenvalue weighted by atomic mass is 10.1. The third kappa shape index (κ3) is 4.75. The number of phenols is 1. The molecule has 3 aromatic rings. The van der Waals surface area contributed by atoms with Gasteiger partial charge in [-0.3, -0.25) is 14.3 Å². The maximum absolute atomic E-state index is 13.2. The number of halogens is 2. The number of thiophene rings is 1. The average Bonchev–Trinajstić information content (AvgIpc) is 3.12. The monoisotopic (exact) mass is 497 g/mol. The molecule has 0 aliphatic carbocycles. The van der Waals surface area contributed by atoms with E-state index in [1.54, 1.807) is 28.3 Å². The van der Waals surface area contributed by atoms with Gasteiger partial charge in [-0.15, -0.1) is 36.2 Å². The largest absolute Gasteiger partial charge is 0.506 e. The average molecular weight is 498 g/mol. The maximum atomic E-state index is 13.2. The topological polar surface area (TPSA) is 64.8 Å². The molecule has 2 aliphatic rings. The van der Waals surface area contributed by atoms with E-state index in [1.165, 1.54) is 10.4 Å². The number of piperazine rings is 1. The van der Waals surface area contributed by atoms with Gasteiger partial charge in [0.15, 0.2) is 0 Å². The fourth-order valence-electron chi connectivity index (χ4n) is 4.50. The molecule has 1 saturated heterocycles. The zero-order valence-electron chi connectivity index (χ0n) is 18.1. The Labute approximate surface area is 204 Å². The van der Waals surface area contributed by atoms with Crippen molar-refractivity contribution in [3.63, 3.8) is 0 Å². The van der Waals surface area contributed by atoms with E-state index in [-0.39, 0.29) is 30.4 Å². The molecule has 0 bridgehead atoms. The van der Waals surface area contributed by atoms with Crippen molar-refractivity contribution >= 4 is 52.1 Å². The first-order valence-electron chi connectivity index (χ1n) is 10.5. The highest BCUT2D eigenvalue weighted by Gasteiger charge is 2.23. The van der Waals surface area contributed by atoms with E-state index < -0.39 is 0 Å². The number of anilines is 1. The quantitative estimate of drug-likeness (QED) is 0.597. The number of aromatic hydroxyl groups is 1. The Morgan fingerprint density at radius 1 is 1.06 bits per heavy atom. The van der Waals surface area contributed by atoms with Crippen LogP contribution in [-0.4, -0.2) is 70.8 Å². The number of hydrogen-bond acceptors (Lipinski definition) is 7. The minimum absolute atomic E-state index is 0. The van der Waals surface area contributed by atoms with Gasteiger partial charge in [0.05, 0.1) is 17.4 Å². The highest BCUT2D eigenvalue weighted by molar-refractivity contribution is 7.18. The van der Waals surface area contributed by atoms with Gasteiger partial charge in [0.25, 0.3) is 5.56 Å². The first kappa shape index (κ1) is 24.8. The van der Waals surface area contributed by atoms with Crippen LogP contribution in [0, 0.1) is 0 Å².